The molecular weight excluding hydrogens is 561 g/mol. The number of nitrogens with zero attached hydrogens (tertiary/aromatic N) is 4. The number of hydrogen-bond donors (Lipinski definition) is 3. The third-order valence-corrected chi connectivity index (χ3v) is 7.54. The van der Waals surface area contributed by atoms with E-state index >= 15 is 4.39 Å². The maximum absolute atomic E-state index is 15.6. The van der Waals surface area contributed by atoms with Gasteiger partial charge in [-0.3, -0.25) is 9.40 Å². The van der Waals surface area contributed by atoms with E-state index in [-0.39, 0.29) is 28.0 Å². The summed E-state index contributed by atoms with van der Waals surface area (Å²) in [7, 11) is -2.42. The number of sulfonamides is 1. The molecule has 0 radical (unpaired) electrons. The highest BCUT2D eigenvalue weighted by Crippen LogP contribution is 2.37. The molecule has 0 bridgehead atoms. The molecule has 11 nitrogen and oxygen atoms in total. The highest BCUT2D eigenvalue weighted by molar-refractivity contribution is 7.92. The van der Waals surface area contributed by atoms with Gasteiger partial charge in [0.05, 0.1) is 30.3 Å². The smallest absolute Gasteiger partial charge is 0.407 e. The second-order valence-corrected chi connectivity index (χ2v) is 12.4. The van der Waals surface area contributed by atoms with E-state index < -0.39 is 27.5 Å². The zero-order chi connectivity index (χ0) is 29.1. The number of carbonyl (C=O) groups is 1. The molecule has 1 fully saturated rings. The summed E-state index contributed by atoms with van der Waals surface area (Å²) in [4.78, 5) is 21.0. The van der Waals surface area contributed by atoms with Crippen LogP contribution in [0.4, 0.5) is 20.8 Å². The van der Waals surface area contributed by atoms with Crippen LogP contribution in [0.3, 0.4) is 0 Å². The van der Waals surface area contributed by atoms with E-state index in [1.807, 2.05) is 13.8 Å². The van der Waals surface area contributed by atoms with Crippen LogP contribution in [0, 0.1) is 5.82 Å². The fourth-order valence-electron chi connectivity index (χ4n) is 4.76. The summed E-state index contributed by atoms with van der Waals surface area (Å²) >= 11 is 6.26. The summed E-state index contributed by atoms with van der Waals surface area (Å²) in [6, 6.07) is 4.22. The Morgan fingerprint density at radius 1 is 1.23 bits per heavy atom. The molecular formula is C26H33ClFN7O4S. The SMILES string of the molecule is COC(=O)NC1(CNc2nccc(-c3cn(C(C)C)nc3-c3cc(Cl)cc(NS(C)(=O)=O)c3F)n2)CCCCC1. The molecule has 0 atom stereocenters. The Morgan fingerprint density at radius 2 is 1.95 bits per heavy atom. The number of anilines is 2. The quantitative estimate of drug-likeness (QED) is 0.307. The van der Waals surface area contributed by atoms with Gasteiger partial charge in [0.2, 0.25) is 16.0 Å². The number of rotatable bonds is 9. The van der Waals surface area contributed by atoms with Crippen molar-refractivity contribution < 1.29 is 22.3 Å². The Hall–Kier alpha value is -3.45. The first-order valence-electron chi connectivity index (χ1n) is 12.9. The van der Waals surface area contributed by atoms with E-state index in [9.17, 15) is 13.2 Å². The van der Waals surface area contributed by atoms with Crippen molar-refractivity contribution >= 4 is 39.4 Å². The van der Waals surface area contributed by atoms with Gasteiger partial charge in [-0.05, 0) is 44.9 Å². The van der Waals surface area contributed by atoms with Crippen molar-refractivity contribution in [2.45, 2.75) is 57.5 Å². The Balaban J connectivity index is 1.71. The average Bonchev–Trinajstić information content (AvgIpc) is 3.35. The van der Waals surface area contributed by atoms with Crippen molar-refractivity contribution in [3.63, 3.8) is 0 Å². The van der Waals surface area contributed by atoms with E-state index in [0.29, 0.717) is 23.8 Å². The standard InChI is InChI=1S/C26H33ClFN7O4S/c1-16(2)35-14-19(23(33-35)18-12-17(27)13-21(22(18)28)34-40(4,37)38)20-8-11-29-24(31-20)30-15-26(32-25(36)39-3)9-6-5-7-10-26/h8,11-14,16,34H,5-7,9-10,15H2,1-4H3,(H,32,36)(H,29,30,31). The minimum Gasteiger partial charge on any atom is -0.453 e. The Morgan fingerprint density at radius 3 is 2.60 bits per heavy atom. The molecule has 1 aliphatic rings. The van der Waals surface area contributed by atoms with Crippen molar-refractivity contribution in [3.05, 3.63) is 41.4 Å². The summed E-state index contributed by atoms with van der Waals surface area (Å²) < 4.78 is 47.9. The largest absolute Gasteiger partial charge is 0.453 e. The topological polar surface area (TPSA) is 140 Å². The van der Waals surface area contributed by atoms with Crippen LogP contribution >= 0.6 is 11.6 Å². The molecule has 216 valence electrons. The number of alkyl carbamates (subject to hydrolysis) is 1. The zero-order valence-electron chi connectivity index (χ0n) is 22.8. The predicted molar refractivity (Wildman–Crippen MR) is 152 cm³/mol. The maximum Gasteiger partial charge on any atom is 0.407 e. The number of amides is 1. The lowest BCUT2D eigenvalue weighted by Crippen LogP contribution is -2.54. The summed E-state index contributed by atoms with van der Waals surface area (Å²) in [6.45, 7) is 4.25. The first kappa shape index (κ1) is 29.5. The van der Waals surface area contributed by atoms with E-state index in [0.717, 1.165) is 38.4 Å². The highest BCUT2D eigenvalue weighted by Gasteiger charge is 2.34. The number of nitrogens with one attached hydrogen (secondary N) is 3. The zero-order valence-corrected chi connectivity index (χ0v) is 24.4. The first-order chi connectivity index (χ1) is 18.9. The number of aromatic nitrogens is 4. The van der Waals surface area contributed by atoms with E-state index in [2.05, 4.69) is 30.4 Å². The van der Waals surface area contributed by atoms with Crippen LogP contribution in [0.2, 0.25) is 5.02 Å². The van der Waals surface area contributed by atoms with Crippen LogP contribution in [0.25, 0.3) is 22.5 Å². The van der Waals surface area contributed by atoms with Crippen molar-refractivity contribution in [1.82, 2.24) is 25.1 Å². The summed E-state index contributed by atoms with van der Waals surface area (Å²) in [5.41, 5.74) is 0.456. The molecule has 1 aliphatic carbocycles. The number of carbonyl (C=O) groups excluding carboxylic acids is 1. The van der Waals surface area contributed by atoms with Gasteiger partial charge in [0, 0.05) is 41.1 Å². The van der Waals surface area contributed by atoms with Gasteiger partial charge in [0.25, 0.3) is 0 Å². The Kier molecular flexibility index (Phi) is 8.83. The molecule has 4 rings (SSSR count). The third kappa shape index (κ3) is 7.00. The molecule has 0 saturated heterocycles. The minimum atomic E-state index is -3.76. The number of methoxy groups -OCH3 is 1. The molecule has 0 unspecified atom stereocenters. The first-order valence-corrected chi connectivity index (χ1v) is 15.2. The fraction of sp³-hybridized carbons (Fsp3) is 0.462. The van der Waals surface area contributed by atoms with Crippen LogP contribution in [0.15, 0.2) is 30.6 Å². The lowest BCUT2D eigenvalue weighted by Gasteiger charge is -2.37. The van der Waals surface area contributed by atoms with Crippen LogP contribution in [0.1, 0.15) is 52.0 Å². The number of hydrogen-bond acceptors (Lipinski definition) is 8. The van der Waals surface area contributed by atoms with Crippen LogP contribution < -0.4 is 15.4 Å². The number of ether oxygens (including phenoxy) is 1. The van der Waals surface area contributed by atoms with Crippen LogP contribution in [-0.4, -0.2) is 59.7 Å². The van der Waals surface area contributed by atoms with E-state index in [1.54, 1.807) is 23.1 Å². The summed E-state index contributed by atoms with van der Waals surface area (Å²) in [5.74, 6) is -0.492. The number of halogens is 2. The second kappa shape index (κ2) is 12.0. The summed E-state index contributed by atoms with van der Waals surface area (Å²) in [6.07, 6.45) is 8.40. The molecule has 2 aromatic heterocycles. The second-order valence-electron chi connectivity index (χ2n) is 10.2. The third-order valence-electron chi connectivity index (χ3n) is 6.73. The van der Waals surface area contributed by atoms with Gasteiger partial charge in [0.15, 0.2) is 5.82 Å². The number of benzene rings is 1. The van der Waals surface area contributed by atoms with Gasteiger partial charge >= 0.3 is 6.09 Å². The van der Waals surface area contributed by atoms with Crippen molar-refractivity contribution in [3.8, 4) is 22.5 Å². The van der Waals surface area contributed by atoms with Crippen LogP contribution in [0.5, 0.6) is 0 Å². The highest BCUT2D eigenvalue weighted by atomic mass is 35.5. The molecule has 1 aromatic carbocycles. The van der Waals surface area contributed by atoms with Gasteiger partial charge in [-0.1, -0.05) is 30.9 Å². The van der Waals surface area contributed by atoms with E-state index in [1.165, 1.54) is 19.2 Å². The van der Waals surface area contributed by atoms with Gasteiger partial charge < -0.3 is 15.4 Å². The van der Waals surface area contributed by atoms with Crippen molar-refractivity contribution in [2.75, 3.05) is 29.9 Å². The van der Waals surface area contributed by atoms with Crippen molar-refractivity contribution in [2.24, 2.45) is 0 Å². The molecule has 14 heteroatoms. The van der Waals surface area contributed by atoms with Crippen molar-refractivity contribution in [1.29, 1.82) is 0 Å². The molecule has 2 heterocycles. The predicted octanol–water partition coefficient (Wildman–Crippen LogP) is 5.22. The van der Waals surface area contributed by atoms with Crippen LogP contribution in [-0.2, 0) is 14.8 Å². The normalized spacial score (nSPS) is 15.1. The molecule has 0 aliphatic heterocycles. The Labute approximate surface area is 237 Å². The molecule has 3 N–H and O–H groups in total. The minimum absolute atomic E-state index is 0.0182. The average molecular weight is 594 g/mol. The Bertz CT molecular complexity index is 1490. The lowest BCUT2D eigenvalue weighted by atomic mass is 9.81. The molecule has 1 amide bonds. The van der Waals surface area contributed by atoms with Gasteiger partial charge in [-0.25, -0.2) is 27.6 Å². The molecule has 40 heavy (non-hydrogen) atoms. The molecule has 1 saturated carbocycles. The van der Waals surface area contributed by atoms with E-state index in [4.69, 9.17) is 16.3 Å². The fourth-order valence-corrected chi connectivity index (χ4v) is 5.53. The lowest BCUT2D eigenvalue weighted by molar-refractivity contribution is 0.146. The molecule has 3 aromatic rings. The maximum atomic E-state index is 15.6. The monoisotopic (exact) mass is 593 g/mol. The molecule has 0 spiro atoms. The van der Waals surface area contributed by atoms with Gasteiger partial charge in [0.1, 0.15) is 5.69 Å². The van der Waals surface area contributed by atoms with Gasteiger partial charge in [-0.2, -0.15) is 5.10 Å². The van der Waals surface area contributed by atoms with Gasteiger partial charge in [-0.15, -0.1) is 0 Å². The summed E-state index contributed by atoms with van der Waals surface area (Å²) in [5, 5.41) is 11.0.